The van der Waals surface area contributed by atoms with Crippen molar-refractivity contribution < 1.29 is 13.2 Å². The van der Waals surface area contributed by atoms with Crippen molar-refractivity contribution in [3.8, 4) is 0 Å². The van der Waals surface area contributed by atoms with E-state index >= 15 is 0 Å². The Hall–Kier alpha value is -1.36. The van der Waals surface area contributed by atoms with E-state index in [1.807, 2.05) is 6.07 Å². The Morgan fingerprint density at radius 1 is 0.913 bits per heavy atom. The largest absolute Gasteiger partial charge is 0.345 e. The van der Waals surface area contributed by atoms with E-state index in [1.54, 1.807) is 6.07 Å². The number of hydrogen-bond acceptors (Lipinski definition) is 3. The second-order valence-corrected chi connectivity index (χ2v) is 8.10. The molecule has 2 rings (SSSR count). The van der Waals surface area contributed by atoms with E-state index in [-0.39, 0.29) is 4.90 Å². The van der Waals surface area contributed by atoms with Gasteiger partial charge in [-0.3, -0.25) is 4.79 Å². The predicted molar refractivity (Wildman–Crippen MR) is 93.6 cm³/mol. The molecule has 0 saturated heterocycles. The molecule has 1 aromatic carbocycles. The third-order valence-corrected chi connectivity index (χ3v) is 5.93. The maximum atomic E-state index is 11.8. The number of anilines is 1. The molecule has 5 heteroatoms. The van der Waals surface area contributed by atoms with Gasteiger partial charge in [-0.25, -0.2) is 8.42 Å². The fraction of sp³-hybridized carbons (Fsp3) is 0.611. The quantitative estimate of drug-likeness (QED) is 0.606. The van der Waals surface area contributed by atoms with Gasteiger partial charge in [0.25, 0.3) is 9.84 Å². The van der Waals surface area contributed by atoms with Gasteiger partial charge in [-0.15, -0.1) is 0 Å². The molecule has 0 aromatic heterocycles. The second kappa shape index (κ2) is 8.48. The summed E-state index contributed by atoms with van der Waals surface area (Å²) in [7, 11) is -3.81. The van der Waals surface area contributed by atoms with Crippen molar-refractivity contribution in [2.45, 2.75) is 76.0 Å². The van der Waals surface area contributed by atoms with Crippen LogP contribution in [0, 0.1) is 0 Å². The first-order valence-corrected chi connectivity index (χ1v) is 10.2. The number of carbonyl (C=O) groups is 1. The van der Waals surface area contributed by atoms with Crippen LogP contribution < -0.4 is 5.32 Å². The van der Waals surface area contributed by atoms with Gasteiger partial charge >= 0.3 is 5.24 Å². The van der Waals surface area contributed by atoms with Gasteiger partial charge in [0.05, 0.1) is 5.69 Å². The summed E-state index contributed by atoms with van der Waals surface area (Å²) in [5.41, 5.74) is 1.43. The van der Waals surface area contributed by atoms with Gasteiger partial charge in [-0.05, 0) is 24.5 Å². The summed E-state index contributed by atoms with van der Waals surface area (Å²) in [6.45, 7) is 2.23. The molecule has 0 atom stereocenters. The molecule has 0 unspecified atom stereocenters. The lowest BCUT2D eigenvalue weighted by molar-refractivity contribution is 0.268. The summed E-state index contributed by atoms with van der Waals surface area (Å²) in [6, 6.07) is 5.13. The van der Waals surface area contributed by atoms with Gasteiger partial charge in [0.2, 0.25) is 0 Å². The molecule has 0 saturated carbocycles. The molecule has 4 nitrogen and oxygen atoms in total. The van der Waals surface area contributed by atoms with Crippen LogP contribution in [0.1, 0.15) is 70.3 Å². The first-order valence-electron chi connectivity index (χ1n) is 8.75. The Balaban J connectivity index is 1.74. The SMILES string of the molecule is CCCCCCCCCCCc1cccc2c1NC(=O)S2(=O)=O. The van der Waals surface area contributed by atoms with Gasteiger partial charge in [-0.2, -0.15) is 0 Å². The Bertz CT molecular complexity index is 638. The fourth-order valence-corrected chi connectivity index (χ4v) is 4.19. The molecule has 1 aliphatic heterocycles. The van der Waals surface area contributed by atoms with E-state index < -0.39 is 15.1 Å². The van der Waals surface area contributed by atoms with Gasteiger partial charge in [0, 0.05) is 0 Å². The molecular formula is C18H27NO3S. The highest BCUT2D eigenvalue weighted by atomic mass is 32.2. The molecule has 0 fully saturated rings. The Kier molecular flexibility index (Phi) is 6.63. The third kappa shape index (κ3) is 4.56. The van der Waals surface area contributed by atoms with Crippen molar-refractivity contribution in [2.24, 2.45) is 0 Å². The minimum Gasteiger partial charge on any atom is -0.311 e. The zero-order chi connectivity index (χ0) is 16.7. The highest BCUT2D eigenvalue weighted by Gasteiger charge is 2.36. The van der Waals surface area contributed by atoms with E-state index in [1.165, 1.54) is 51.0 Å². The average molecular weight is 337 g/mol. The van der Waals surface area contributed by atoms with Crippen LogP contribution in [-0.4, -0.2) is 13.7 Å². The minimum absolute atomic E-state index is 0.135. The molecule has 0 spiro atoms. The third-order valence-electron chi connectivity index (χ3n) is 4.42. The standard InChI is InChI=1S/C18H27NO3S/c1-2-3-4-5-6-7-8-9-10-12-15-13-11-14-16-17(15)19-18(20)23(16,21)22/h11,13-14H,2-10,12H2,1H3,(H,19,20). The number of para-hydroxylation sites is 1. The van der Waals surface area contributed by atoms with Crippen molar-refractivity contribution in [1.29, 1.82) is 0 Å². The molecule has 0 aliphatic carbocycles. The number of sulfone groups is 1. The van der Waals surface area contributed by atoms with Crippen molar-refractivity contribution in [2.75, 3.05) is 5.32 Å². The van der Waals surface area contributed by atoms with E-state index in [2.05, 4.69) is 12.2 Å². The zero-order valence-electron chi connectivity index (χ0n) is 13.9. The number of carbonyl (C=O) groups excluding carboxylic acids is 1. The molecule has 23 heavy (non-hydrogen) atoms. The van der Waals surface area contributed by atoms with Gasteiger partial charge in [-0.1, -0.05) is 70.4 Å². The van der Waals surface area contributed by atoms with Crippen molar-refractivity contribution in [1.82, 2.24) is 0 Å². The van der Waals surface area contributed by atoms with E-state index in [0.717, 1.165) is 24.8 Å². The topological polar surface area (TPSA) is 63.2 Å². The monoisotopic (exact) mass is 337 g/mol. The smallest absolute Gasteiger partial charge is 0.311 e. The summed E-state index contributed by atoms with van der Waals surface area (Å²) < 4.78 is 23.7. The molecule has 1 aliphatic rings. The van der Waals surface area contributed by atoms with Gasteiger partial charge in [0.1, 0.15) is 4.90 Å². The van der Waals surface area contributed by atoms with Crippen molar-refractivity contribution in [3.05, 3.63) is 23.8 Å². The predicted octanol–water partition coefficient (Wildman–Crippen LogP) is 5.08. The number of rotatable bonds is 10. The second-order valence-electron chi connectivity index (χ2n) is 6.28. The Labute approximate surface area is 139 Å². The number of hydrogen-bond donors (Lipinski definition) is 1. The molecule has 1 amide bonds. The molecule has 0 radical (unpaired) electrons. The van der Waals surface area contributed by atoms with Crippen LogP contribution in [0.15, 0.2) is 23.1 Å². The van der Waals surface area contributed by atoms with E-state index in [4.69, 9.17) is 0 Å². The summed E-state index contributed by atoms with van der Waals surface area (Å²) in [5.74, 6) is 0. The molecule has 128 valence electrons. The van der Waals surface area contributed by atoms with Gasteiger partial charge in [0.15, 0.2) is 0 Å². The van der Waals surface area contributed by atoms with Gasteiger partial charge < -0.3 is 5.32 Å². The molecule has 1 heterocycles. The fourth-order valence-electron chi connectivity index (χ4n) is 3.05. The maximum absolute atomic E-state index is 11.8. The summed E-state index contributed by atoms with van der Waals surface area (Å²) >= 11 is 0. The van der Waals surface area contributed by atoms with Crippen LogP contribution >= 0.6 is 0 Å². The number of aryl methyl sites for hydroxylation is 1. The number of unbranched alkanes of at least 4 members (excludes halogenated alkanes) is 8. The van der Waals surface area contributed by atoms with E-state index in [0.29, 0.717) is 5.69 Å². The number of amides is 1. The Morgan fingerprint density at radius 2 is 1.52 bits per heavy atom. The Morgan fingerprint density at radius 3 is 2.17 bits per heavy atom. The average Bonchev–Trinajstić information content (AvgIpc) is 2.77. The van der Waals surface area contributed by atoms with Crippen LogP contribution in [0.4, 0.5) is 10.5 Å². The highest BCUT2D eigenvalue weighted by Crippen LogP contribution is 2.34. The molecule has 0 bridgehead atoms. The molecule has 1 N–H and O–H groups in total. The van der Waals surface area contributed by atoms with Crippen LogP contribution in [0.3, 0.4) is 0 Å². The zero-order valence-corrected chi connectivity index (χ0v) is 14.8. The summed E-state index contributed by atoms with van der Waals surface area (Å²) in [4.78, 5) is 11.7. The number of nitrogens with one attached hydrogen (secondary N) is 1. The van der Waals surface area contributed by atoms with Crippen LogP contribution in [0.2, 0.25) is 0 Å². The van der Waals surface area contributed by atoms with E-state index in [9.17, 15) is 13.2 Å². The molecular weight excluding hydrogens is 310 g/mol. The number of benzene rings is 1. The van der Waals surface area contributed by atoms with Crippen molar-refractivity contribution >= 4 is 20.8 Å². The maximum Gasteiger partial charge on any atom is 0.345 e. The lowest BCUT2D eigenvalue weighted by Crippen LogP contribution is -2.11. The minimum atomic E-state index is -3.81. The first kappa shape index (κ1) is 18.0. The number of fused-ring (bicyclic) bond motifs is 1. The normalized spacial score (nSPS) is 15.4. The van der Waals surface area contributed by atoms with Crippen LogP contribution in [0.5, 0.6) is 0 Å². The van der Waals surface area contributed by atoms with Crippen molar-refractivity contribution in [3.63, 3.8) is 0 Å². The summed E-state index contributed by atoms with van der Waals surface area (Å²) in [5, 5.41) is 1.61. The lowest BCUT2D eigenvalue weighted by atomic mass is 10.0. The lowest BCUT2D eigenvalue weighted by Gasteiger charge is -2.07. The van der Waals surface area contributed by atoms with Crippen LogP contribution in [-0.2, 0) is 16.3 Å². The van der Waals surface area contributed by atoms with Crippen LogP contribution in [0.25, 0.3) is 0 Å². The summed E-state index contributed by atoms with van der Waals surface area (Å²) in [6.07, 6.45) is 12.1. The first-order chi connectivity index (χ1) is 11.1. The highest BCUT2D eigenvalue weighted by molar-refractivity contribution is 8.07. The molecule has 1 aromatic rings.